The third kappa shape index (κ3) is 57.2. The summed E-state index contributed by atoms with van der Waals surface area (Å²) in [7, 11) is 0. The van der Waals surface area contributed by atoms with Crippen LogP contribution in [-0.4, -0.2) is 37.2 Å². The second-order valence-electron chi connectivity index (χ2n) is 19.9. The highest BCUT2D eigenvalue weighted by Gasteiger charge is 2.19. The van der Waals surface area contributed by atoms with E-state index in [1.54, 1.807) is 0 Å². The second-order valence-corrected chi connectivity index (χ2v) is 19.9. The molecule has 1 atom stereocenters. The standard InChI is InChI=1S/C66H112O6/c1-4-7-10-13-16-19-22-25-28-30-31-32-33-34-35-36-39-41-44-47-50-53-56-59-65(68)71-62-63(61-70-64(67)58-55-52-49-46-43-40-37-27-24-21-18-15-12-9-6-3)72-66(69)60-57-54-51-48-45-42-38-29-26-23-20-17-14-11-8-5-2/h7,10,16,18-21,23,25,27-29,31-32,37-38,63H,4-6,8-9,11-15,17,22,24,26,30,33-36,39-62H2,1-3H3/b10-7-,19-16-,21-18-,23-20-,28-25-,32-31-,37-27-,38-29-. The van der Waals surface area contributed by atoms with E-state index in [4.69, 9.17) is 14.2 Å². The number of rotatable bonds is 54. The van der Waals surface area contributed by atoms with Gasteiger partial charge in [0.15, 0.2) is 6.10 Å². The lowest BCUT2D eigenvalue weighted by Crippen LogP contribution is -2.30. The lowest BCUT2D eigenvalue weighted by atomic mass is 10.1. The van der Waals surface area contributed by atoms with Gasteiger partial charge in [-0.3, -0.25) is 14.4 Å². The van der Waals surface area contributed by atoms with E-state index >= 15 is 0 Å². The number of unbranched alkanes of at least 4 members (excludes halogenated alkanes) is 27. The Bertz CT molecular complexity index is 1430. The van der Waals surface area contributed by atoms with Gasteiger partial charge in [-0.1, -0.05) is 240 Å². The van der Waals surface area contributed by atoms with Crippen LogP contribution in [0.25, 0.3) is 0 Å². The lowest BCUT2D eigenvalue weighted by molar-refractivity contribution is -0.167. The zero-order chi connectivity index (χ0) is 52.2. The van der Waals surface area contributed by atoms with E-state index in [0.717, 1.165) is 135 Å². The Balaban J connectivity index is 4.39. The molecule has 0 fully saturated rings. The Morgan fingerprint density at radius 1 is 0.292 bits per heavy atom. The molecule has 0 aromatic heterocycles. The summed E-state index contributed by atoms with van der Waals surface area (Å²) in [5, 5.41) is 0. The number of esters is 3. The fourth-order valence-electron chi connectivity index (χ4n) is 8.26. The Kier molecular flexibility index (Phi) is 56.8. The van der Waals surface area contributed by atoms with Crippen molar-refractivity contribution in [2.45, 2.75) is 290 Å². The molecule has 412 valence electrons. The van der Waals surface area contributed by atoms with Crippen molar-refractivity contribution in [1.29, 1.82) is 0 Å². The van der Waals surface area contributed by atoms with Crippen molar-refractivity contribution < 1.29 is 28.6 Å². The van der Waals surface area contributed by atoms with Crippen LogP contribution >= 0.6 is 0 Å². The molecule has 0 rings (SSSR count). The van der Waals surface area contributed by atoms with Crippen molar-refractivity contribution in [2.75, 3.05) is 13.2 Å². The van der Waals surface area contributed by atoms with E-state index in [1.807, 2.05) is 0 Å². The third-order valence-electron chi connectivity index (χ3n) is 12.8. The number of allylic oxidation sites excluding steroid dienone is 16. The minimum absolute atomic E-state index is 0.0900. The van der Waals surface area contributed by atoms with Crippen LogP contribution in [0.5, 0.6) is 0 Å². The van der Waals surface area contributed by atoms with Crippen LogP contribution in [0.15, 0.2) is 97.2 Å². The molecule has 0 radical (unpaired) electrons. The number of hydrogen-bond acceptors (Lipinski definition) is 6. The maximum atomic E-state index is 12.9. The summed E-state index contributed by atoms with van der Waals surface area (Å²) < 4.78 is 16.9. The first kappa shape index (κ1) is 68.3. The average Bonchev–Trinajstić information content (AvgIpc) is 3.38. The molecule has 6 heteroatoms. The topological polar surface area (TPSA) is 78.9 Å². The molecular formula is C66H112O6. The van der Waals surface area contributed by atoms with Crippen LogP contribution in [0, 0.1) is 0 Å². The quantitative estimate of drug-likeness (QED) is 0.0261. The molecule has 0 aliphatic rings. The molecule has 0 amide bonds. The molecule has 6 nitrogen and oxygen atoms in total. The van der Waals surface area contributed by atoms with E-state index in [0.29, 0.717) is 19.3 Å². The van der Waals surface area contributed by atoms with Crippen molar-refractivity contribution in [1.82, 2.24) is 0 Å². The van der Waals surface area contributed by atoms with Crippen molar-refractivity contribution in [3.8, 4) is 0 Å². The smallest absolute Gasteiger partial charge is 0.306 e. The van der Waals surface area contributed by atoms with Gasteiger partial charge in [0, 0.05) is 19.3 Å². The van der Waals surface area contributed by atoms with Crippen molar-refractivity contribution in [2.24, 2.45) is 0 Å². The summed E-state index contributed by atoms with van der Waals surface area (Å²) >= 11 is 0. The van der Waals surface area contributed by atoms with Crippen LogP contribution in [0.2, 0.25) is 0 Å². The van der Waals surface area contributed by atoms with Gasteiger partial charge >= 0.3 is 17.9 Å². The fraction of sp³-hybridized carbons (Fsp3) is 0.712. The number of ether oxygens (including phenoxy) is 3. The zero-order valence-electron chi connectivity index (χ0n) is 47.2. The van der Waals surface area contributed by atoms with Crippen LogP contribution in [0.1, 0.15) is 284 Å². The van der Waals surface area contributed by atoms with Gasteiger partial charge < -0.3 is 14.2 Å². The van der Waals surface area contributed by atoms with Crippen molar-refractivity contribution in [3.05, 3.63) is 97.2 Å². The van der Waals surface area contributed by atoms with Gasteiger partial charge in [-0.2, -0.15) is 0 Å². The van der Waals surface area contributed by atoms with Crippen LogP contribution in [-0.2, 0) is 28.6 Å². The van der Waals surface area contributed by atoms with Gasteiger partial charge in [-0.05, 0) is 122 Å². The molecule has 0 spiro atoms. The molecule has 1 unspecified atom stereocenters. The summed E-state index contributed by atoms with van der Waals surface area (Å²) in [6, 6.07) is 0. The van der Waals surface area contributed by atoms with Crippen molar-refractivity contribution in [3.63, 3.8) is 0 Å². The molecule has 0 aliphatic heterocycles. The van der Waals surface area contributed by atoms with Crippen molar-refractivity contribution >= 4 is 17.9 Å². The van der Waals surface area contributed by atoms with E-state index in [2.05, 4.69) is 118 Å². The molecule has 0 saturated heterocycles. The SMILES string of the molecule is CC/C=C\C/C=C\C/C=C\C/C=C\CCCCCCCCCCCCC(=O)OCC(COC(=O)CCCCCCC/C=C\C/C=C\CCCCC)OC(=O)CCCCCCC/C=C\C/C=C\CCCCCC. The van der Waals surface area contributed by atoms with E-state index in [-0.39, 0.29) is 31.1 Å². The maximum Gasteiger partial charge on any atom is 0.306 e. The predicted octanol–water partition coefficient (Wildman–Crippen LogP) is 20.5. The summed E-state index contributed by atoms with van der Waals surface area (Å²) in [5.41, 5.74) is 0. The van der Waals surface area contributed by atoms with E-state index in [1.165, 1.54) is 109 Å². The Morgan fingerprint density at radius 3 is 0.875 bits per heavy atom. The second kappa shape index (κ2) is 59.9. The summed E-state index contributed by atoms with van der Waals surface area (Å²) in [5.74, 6) is -0.916. The molecule has 0 aliphatic carbocycles. The largest absolute Gasteiger partial charge is 0.462 e. The zero-order valence-corrected chi connectivity index (χ0v) is 47.2. The number of carbonyl (C=O) groups is 3. The van der Waals surface area contributed by atoms with Gasteiger partial charge in [0.25, 0.3) is 0 Å². The highest BCUT2D eigenvalue weighted by Crippen LogP contribution is 2.15. The summed E-state index contributed by atoms with van der Waals surface area (Å²) in [4.78, 5) is 38.2. The first-order valence-corrected chi connectivity index (χ1v) is 30.2. The van der Waals surface area contributed by atoms with E-state index < -0.39 is 6.10 Å². The first-order valence-electron chi connectivity index (χ1n) is 30.2. The highest BCUT2D eigenvalue weighted by molar-refractivity contribution is 5.71. The first-order chi connectivity index (χ1) is 35.5. The number of carbonyl (C=O) groups excluding carboxylic acids is 3. The minimum Gasteiger partial charge on any atom is -0.462 e. The fourth-order valence-corrected chi connectivity index (χ4v) is 8.26. The number of hydrogen-bond donors (Lipinski definition) is 0. The molecule has 0 bridgehead atoms. The van der Waals surface area contributed by atoms with Gasteiger partial charge in [0.2, 0.25) is 0 Å². The molecule has 72 heavy (non-hydrogen) atoms. The van der Waals surface area contributed by atoms with Gasteiger partial charge in [0.05, 0.1) is 0 Å². The molecule has 0 aromatic carbocycles. The molecule has 0 N–H and O–H groups in total. The van der Waals surface area contributed by atoms with Crippen LogP contribution in [0.4, 0.5) is 0 Å². The van der Waals surface area contributed by atoms with Crippen LogP contribution in [0.3, 0.4) is 0 Å². The monoisotopic (exact) mass is 1000 g/mol. The predicted molar refractivity (Wildman–Crippen MR) is 311 cm³/mol. The normalized spacial score (nSPS) is 12.8. The minimum atomic E-state index is -0.794. The van der Waals surface area contributed by atoms with E-state index in [9.17, 15) is 14.4 Å². The van der Waals surface area contributed by atoms with Crippen LogP contribution < -0.4 is 0 Å². The molecule has 0 saturated carbocycles. The Labute approximate surface area is 445 Å². The van der Waals surface area contributed by atoms with Gasteiger partial charge in [-0.15, -0.1) is 0 Å². The molecular weight excluding hydrogens is 889 g/mol. The van der Waals surface area contributed by atoms with Gasteiger partial charge in [-0.25, -0.2) is 0 Å². The third-order valence-corrected chi connectivity index (χ3v) is 12.8. The Morgan fingerprint density at radius 2 is 0.542 bits per heavy atom. The summed E-state index contributed by atoms with van der Waals surface area (Å²) in [6.07, 6.45) is 79.7. The van der Waals surface area contributed by atoms with Gasteiger partial charge in [0.1, 0.15) is 13.2 Å². The molecule has 0 aromatic rings. The maximum absolute atomic E-state index is 12.9. The Hall–Kier alpha value is -3.67. The average molecular weight is 1000 g/mol. The molecule has 0 heterocycles. The summed E-state index contributed by atoms with van der Waals surface area (Å²) in [6.45, 7) is 6.47. The lowest BCUT2D eigenvalue weighted by Gasteiger charge is -2.18. The highest BCUT2D eigenvalue weighted by atomic mass is 16.6.